The van der Waals surface area contributed by atoms with Crippen LogP contribution in [0.4, 0.5) is 0 Å². The Hall–Kier alpha value is -1.11. The molecule has 0 spiro atoms. The smallest absolute Gasteiger partial charge is 0.339 e. The Labute approximate surface area is 95.2 Å². The standard InChI is InChI=1S/C7H6O6S.Ni/c8-6-2-1-4(14(11,12)13)3-5(6)7(9)10;/h1-3,8H,(H,9,10)(H,11,12,13);. The van der Waals surface area contributed by atoms with Crippen LogP contribution < -0.4 is 0 Å². The number of phenols is 1. The van der Waals surface area contributed by atoms with E-state index in [-0.39, 0.29) is 16.5 Å². The molecule has 0 fully saturated rings. The number of carboxylic acids is 1. The van der Waals surface area contributed by atoms with Crippen molar-refractivity contribution in [1.29, 1.82) is 0 Å². The predicted octanol–water partition coefficient (Wildman–Crippen LogP) is 0.335. The SMILES string of the molecule is O=C(O)c1cc(S(=O)(=O)O)ccc1O.[Ni]. The van der Waals surface area contributed by atoms with Gasteiger partial charge in [-0.3, -0.25) is 4.55 Å². The van der Waals surface area contributed by atoms with Gasteiger partial charge in [-0.15, -0.1) is 0 Å². The van der Waals surface area contributed by atoms with E-state index in [9.17, 15) is 13.2 Å². The molecule has 0 aliphatic carbocycles. The number of carboxylic acid groups (broad SMARTS) is 1. The topological polar surface area (TPSA) is 112 Å². The zero-order chi connectivity index (χ0) is 10.9. The van der Waals surface area contributed by atoms with Crippen LogP contribution in [-0.2, 0) is 26.6 Å². The van der Waals surface area contributed by atoms with Gasteiger partial charge in [0, 0.05) is 16.5 Å². The summed E-state index contributed by atoms with van der Waals surface area (Å²) in [5.74, 6) is -2.04. The van der Waals surface area contributed by atoms with Gasteiger partial charge in [-0.05, 0) is 18.2 Å². The molecule has 0 aromatic heterocycles. The van der Waals surface area contributed by atoms with E-state index in [2.05, 4.69) is 0 Å². The van der Waals surface area contributed by atoms with Crippen molar-refractivity contribution in [2.75, 3.05) is 0 Å². The first-order valence-corrected chi connectivity index (χ1v) is 4.80. The van der Waals surface area contributed by atoms with Gasteiger partial charge in [-0.1, -0.05) is 0 Å². The van der Waals surface area contributed by atoms with Crippen molar-refractivity contribution in [2.24, 2.45) is 0 Å². The molecule has 0 unspecified atom stereocenters. The number of rotatable bonds is 2. The zero-order valence-corrected chi connectivity index (χ0v) is 8.83. The average molecular weight is 277 g/mol. The van der Waals surface area contributed by atoms with E-state index in [0.29, 0.717) is 6.07 Å². The minimum atomic E-state index is -4.45. The Morgan fingerprint density at radius 2 is 1.80 bits per heavy atom. The van der Waals surface area contributed by atoms with Crippen LogP contribution in [0.25, 0.3) is 0 Å². The van der Waals surface area contributed by atoms with E-state index in [1.165, 1.54) is 0 Å². The second kappa shape index (κ2) is 4.61. The molecule has 0 aliphatic heterocycles. The second-order valence-electron chi connectivity index (χ2n) is 2.46. The van der Waals surface area contributed by atoms with Crippen molar-refractivity contribution in [3.05, 3.63) is 23.8 Å². The minimum Gasteiger partial charge on any atom is -0.507 e. The van der Waals surface area contributed by atoms with Crippen LogP contribution in [-0.4, -0.2) is 29.2 Å². The largest absolute Gasteiger partial charge is 0.507 e. The van der Waals surface area contributed by atoms with Crippen molar-refractivity contribution in [3.8, 4) is 5.75 Å². The number of hydrogen-bond donors (Lipinski definition) is 3. The summed E-state index contributed by atoms with van der Waals surface area (Å²) in [7, 11) is -4.45. The van der Waals surface area contributed by atoms with Crippen LogP contribution in [0, 0.1) is 0 Å². The fraction of sp³-hybridized carbons (Fsp3) is 0. The minimum absolute atomic E-state index is 0. The maximum absolute atomic E-state index is 10.6. The van der Waals surface area contributed by atoms with Gasteiger partial charge in [0.05, 0.1) is 4.90 Å². The maximum Gasteiger partial charge on any atom is 0.339 e. The molecule has 15 heavy (non-hydrogen) atoms. The molecule has 0 atom stereocenters. The molecule has 1 aromatic carbocycles. The van der Waals surface area contributed by atoms with E-state index in [1.54, 1.807) is 0 Å². The van der Waals surface area contributed by atoms with Gasteiger partial charge < -0.3 is 10.2 Å². The summed E-state index contributed by atoms with van der Waals surface area (Å²) in [6.07, 6.45) is 0. The Morgan fingerprint density at radius 3 is 2.20 bits per heavy atom. The van der Waals surface area contributed by atoms with Crippen molar-refractivity contribution >= 4 is 16.1 Å². The molecule has 1 rings (SSSR count). The van der Waals surface area contributed by atoms with Gasteiger partial charge in [0.15, 0.2) is 0 Å². The van der Waals surface area contributed by atoms with Crippen molar-refractivity contribution < 1.29 is 44.5 Å². The van der Waals surface area contributed by atoms with Gasteiger partial charge in [0.2, 0.25) is 0 Å². The average Bonchev–Trinajstić information content (AvgIpc) is 2.02. The Balaban J connectivity index is 0.00000196. The van der Waals surface area contributed by atoms with E-state index in [4.69, 9.17) is 14.8 Å². The summed E-state index contributed by atoms with van der Waals surface area (Å²) >= 11 is 0. The summed E-state index contributed by atoms with van der Waals surface area (Å²) in [5.41, 5.74) is -0.583. The first-order valence-electron chi connectivity index (χ1n) is 3.36. The van der Waals surface area contributed by atoms with Crippen LogP contribution in [0.2, 0.25) is 0 Å². The molecule has 0 heterocycles. The van der Waals surface area contributed by atoms with Crippen LogP contribution in [0.15, 0.2) is 23.1 Å². The fourth-order valence-corrected chi connectivity index (χ4v) is 1.35. The van der Waals surface area contributed by atoms with Crippen LogP contribution in [0.3, 0.4) is 0 Å². The molecule has 6 nitrogen and oxygen atoms in total. The number of benzene rings is 1. The van der Waals surface area contributed by atoms with Gasteiger partial charge in [0.25, 0.3) is 10.1 Å². The summed E-state index contributed by atoms with van der Waals surface area (Å²) in [4.78, 5) is 9.89. The molecular formula is C7H6NiO6S. The number of aromatic carboxylic acids is 1. The Bertz CT molecular complexity index is 480. The van der Waals surface area contributed by atoms with Gasteiger partial charge >= 0.3 is 5.97 Å². The molecule has 0 amide bonds. The van der Waals surface area contributed by atoms with E-state index < -0.39 is 32.3 Å². The third-order valence-corrected chi connectivity index (χ3v) is 2.35. The fourth-order valence-electron chi connectivity index (χ4n) is 0.847. The quantitative estimate of drug-likeness (QED) is 0.530. The molecule has 1 aromatic rings. The second-order valence-corrected chi connectivity index (χ2v) is 3.88. The summed E-state index contributed by atoms with van der Waals surface area (Å²) in [5, 5.41) is 17.5. The first-order chi connectivity index (χ1) is 6.32. The molecule has 0 bridgehead atoms. The van der Waals surface area contributed by atoms with Crippen LogP contribution in [0.5, 0.6) is 5.75 Å². The normalized spacial score (nSPS) is 10.5. The Morgan fingerprint density at radius 1 is 1.27 bits per heavy atom. The molecule has 3 N–H and O–H groups in total. The van der Waals surface area contributed by atoms with E-state index in [0.717, 1.165) is 12.1 Å². The predicted molar refractivity (Wildman–Crippen MR) is 44.9 cm³/mol. The molecule has 0 saturated carbocycles. The number of hydrogen-bond acceptors (Lipinski definition) is 4. The van der Waals surface area contributed by atoms with Crippen molar-refractivity contribution in [1.82, 2.24) is 0 Å². The summed E-state index contributed by atoms with van der Waals surface area (Å²) in [6, 6.07) is 2.46. The summed E-state index contributed by atoms with van der Waals surface area (Å²) < 4.78 is 29.8. The summed E-state index contributed by atoms with van der Waals surface area (Å²) in [6.45, 7) is 0. The molecule has 86 valence electrons. The first kappa shape index (κ1) is 13.9. The zero-order valence-electron chi connectivity index (χ0n) is 7.02. The Kier molecular flexibility index (Phi) is 4.27. The van der Waals surface area contributed by atoms with Crippen LogP contribution >= 0.6 is 0 Å². The third-order valence-electron chi connectivity index (χ3n) is 1.50. The maximum atomic E-state index is 10.6. The van der Waals surface area contributed by atoms with Crippen LogP contribution in [0.1, 0.15) is 10.4 Å². The van der Waals surface area contributed by atoms with Gasteiger partial charge in [-0.25, -0.2) is 4.79 Å². The van der Waals surface area contributed by atoms with Crippen molar-refractivity contribution in [3.63, 3.8) is 0 Å². The number of aromatic hydroxyl groups is 1. The third kappa shape index (κ3) is 3.19. The number of carbonyl (C=O) groups is 1. The van der Waals surface area contributed by atoms with Crippen molar-refractivity contribution in [2.45, 2.75) is 4.90 Å². The van der Waals surface area contributed by atoms with Gasteiger partial charge in [0.1, 0.15) is 11.3 Å². The molecule has 0 saturated heterocycles. The molecular weight excluding hydrogens is 271 g/mol. The molecule has 0 aliphatic rings. The van der Waals surface area contributed by atoms with E-state index in [1.807, 2.05) is 0 Å². The van der Waals surface area contributed by atoms with E-state index >= 15 is 0 Å². The molecule has 8 heteroatoms. The molecule has 0 radical (unpaired) electrons. The monoisotopic (exact) mass is 276 g/mol. The van der Waals surface area contributed by atoms with Gasteiger partial charge in [-0.2, -0.15) is 8.42 Å².